The number of carboxylic acid groups (broad SMARTS) is 1. The van der Waals surface area contributed by atoms with Crippen LogP contribution in [-0.4, -0.2) is 44.8 Å². The van der Waals surface area contributed by atoms with E-state index in [4.69, 9.17) is 16.7 Å². The zero-order chi connectivity index (χ0) is 17.8. The zero-order valence-corrected chi connectivity index (χ0v) is 14.5. The van der Waals surface area contributed by atoms with E-state index in [9.17, 15) is 9.59 Å². The molecule has 0 bridgehead atoms. The number of carboxylic acids is 1. The van der Waals surface area contributed by atoms with Gasteiger partial charge in [0.05, 0.1) is 5.69 Å². The summed E-state index contributed by atoms with van der Waals surface area (Å²) in [6, 6.07) is 8.94. The van der Waals surface area contributed by atoms with Crippen LogP contribution in [0.1, 0.15) is 36.2 Å². The Morgan fingerprint density at radius 3 is 2.72 bits per heavy atom. The highest BCUT2D eigenvalue weighted by Gasteiger charge is 2.26. The quantitative estimate of drug-likeness (QED) is 0.887. The number of likely N-dealkylation sites (tertiary alicyclic amines) is 1. The van der Waals surface area contributed by atoms with Gasteiger partial charge in [0, 0.05) is 30.7 Å². The molecule has 1 unspecified atom stereocenters. The van der Waals surface area contributed by atoms with E-state index in [1.54, 1.807) is 34.0 Å². The molecule has 132 valence electrons. The molecule has 0 saturated carbocycles. The van der Waals surface area contributed by atoms with E-state index in [0.29, 0.717) is 30.2 Å². The Labute approximate surface area is 151 Å². The van der Waals surface area contributed by atoms with Gasteiger partial charge >= 0.3 is 5.97 Å². The van der Waals surface area contributed by atoms with E-state index in [0.717, 1.165) is 18.5 Å². The normalized spacial score (nSPS) is 17.5. The van der Waals surface area contributed by atoms with Gasteiger partial charge < -0.3 is 10.0 Å². The molecule has 0 spiro atoms. The fraction of sp³-hybridized carbons (Fsp3) is 0.389. The van der Waals surface area contributed by atoms with Crippen LogP contribution in [0.5, 0.6) is 0 Å². The molecular formula is C18H20ClN3O3. The van der Waals surface area contributed by atoms with Gasteiger partial charge in [-0.05, 0) is 55.5 Å². The van der Waals surface area contributed by atoms with E-state index in [-0.39, 0.29) is 18.2 Å². The number of amides is 1. The highest BCUT2D eigenvalue weighted by Crippen LogP contribution is 2.22. The lowest BCUT2D eigenvalue weighted by atomic mass is 9.93. The molecule has 2 heterocycles. The third-order valence-corrected chi connectivity index (χ3v) is 4.72. The monoisotopic (exact) mass is 361 g/mol. The zero-order valence-electron chi connectivity index (χ0n) is 13.8. The van der Waals surface area contributed by atoms with Gasteiger partial charge in [-0.1, -0.05) is 11.6 Å². The van der Waals surface area contributed by atoms with Crippen molar-refractivity contribution < 1.29 is 14.7 Å². The van der Waals surface area contributed by atoms with Crippen molar-refractivity contribution in [2.45, 2.75) is 25.7 Å². The van der Waals surface area contributed by atoms with Gasteiger partial charge in [0.25, 0.3) is 5.91 Å². The van der Waals surface area contributed by atoms with Gasteiger partial charge in [-0.3, -0.25) is 9.59 Å². The molecule has 1 N–H and O–H groups in total. The molecule has 6 nitrogen and oxygen atoms in total. The first-order chi connectivity index (χ1) is 12.0. The van der Waals surface area contributed by atoms with Gasteiger partial charge in [0.15, 0.2) is 5.69 Å². The molecule has 1 fully saturated rings. The van der Waals surface area contributed by atoms with Crippen LogP contribution in [0.4, 0.5) is 0 Å². The molecular weight excluding hydrogens is 342 g/mol. The number of hydrogen-bond acceptors (Lipinski definition) is 3. The number of halogens is 1. The van der Waals surface area contributed by atoms with Crippen LogP contribution in [0.15, 0.2) is 36.5 Å². The molecule has 1 amide bonds. The predicted octanol–water partition coefficient (Wildman–Crippen LogP) is 3.24. The topological polar surface area (TPSA) is 75.4 Å². The van der Waals surface area contributed by atoms with Crippen LogP contribution < -0.4 is 0 Å². The molecule has 0 radical (unpaired) electrons. The number of hydrogen-bond donors (Lipinski definition) is 1. The molecule has 3 rings (SSSR count). The van der Waals surface area contributed by atoms with Gasteiger partial charge in [-0.15, -0.1) is 0 Å². The highest BCUT2D eigenvalue weighted by molar-refractivity contribution is 6.30. The third kappa shape index (κ3) is 4.39. The summed E-state index contributed by atoms with van der Waals surface area (Å²) < 4.78 is 1.65. The summed E-state index contributed by atoms with van der Waals surface area (Å²) in [5.74, 6) is -0.648. The van der Waals surface area contributed by atoms with E-state index in [2.05, 4.69) is 5.10 Å². The molecule has 0 aliphatic carbocycles. The lowest BCUT2D eigenvalue weighted by molar-refractivity contribution is -0.137. The summed E-state index contributed by atoms with van der Waals surface area (Å²) in [4.78, 5) is 25.2. The molecule has 1 saturated heterocycles. The molecule has 1 atom stereocenters. The van der Waals surface area contributed by atoms with Crippen LogP contribution in [0.25, 0.3) is 5.69 Å². The van der Waals surface area contributed by atoms with Crippen molar-refractivity contribution in [3.05, 3.63) is 47.2 Å². The first kappa shape index (κ1) is 17.5. The van der Waals surface area contributed by atoms with Gasteiger partial charge in [-0.25, -0.2) is 4.68 Å². The smallest absolute Gasteiger partial charge is 0.303 e. The molecule has 25 heavy (non-hydrogen) atoms. The van der Waals surface area contributed by atoms with Crippen molar-refractivity contribution >= 4 is 23.5 Å². The second-order valence-electron chi connectivity index (χ2n) is 6.31. The number of carbonyl (C=O) groups excluding carboxylic acids is 1. The van der Waals surface area contributed by atoms with Crippen LogP contribution >= 0.6 is 11.6 Å². The summed E-state index contributed by atoms with van der Waals surface area (Å²) in [5.41, 5.74) is 1.23. The average molecular weight is 362 g/mol. The van der Waals surface area contributed by atoms with E-state index < -0.39 is 5.97 Å². The van der Waals surface area contributed by atoms with Crippen molar-refractivity contribution in [2.24, 2.45) is 5.92 Å². The maximum atomic E-state index is 12.7. The minimum atomic E-state index is -0.787. The molecule has 1 aliphatic rings. The summed E-state index contributed by atoms with van der Waals surface area (Å²) in [6.45, 7) is 1.29. The number of aromatic nitrogens is 2. The fourth-order valence-corrected chi connectivity index (χ4v) is 3.28. The van der Waals surface area contributed by atoms with Gasteiger partial charge in [-0.2, -0.15) is 5.10 Å². The Hall–Kier alpha value is -2.34. The molecule has 1 aromatic heterocycles. The van der Waals surface area contributed by atoms with E-state index >= 15 is 0 Å². The predicted molar refractivity (Wildman–Crippen MR) is 94.1 cm³/mol. The lowest BCUT2D eigenvalue weighted by Crippen LogP contribution is -2.40. The second-order valence-corrected chi connectivity index (χ2v) is 6.75. The number of rotatable bonds is 5. The van der Waals surface area contributed by atoms with Crippen molar-refractivity contribution in [3.63, 3.8) is 0 Å². The van der Waals surface area contributed by atoms with E-state index in [1.165, 1.54) is 0 Å². The SMILES string of the molecule is O=C(O)CCC1CCCN(C(=O)c2ccn(-c3ccc(Cl)cc3)n2)C1. The van der Waals surface area contributed by atoms with Crippen molar-refractivity contribution in [2.75, 3.05) is 13.1 Å². The van der Waals surface area contributed by atoms with Crippen LogP contribution in [0.3, 0.4) is 0 Å². The van der Waals surface area contributed by atoms with Crippen molar-refractivity contribution in [3.8, 4) is 5.69 Å². The Kier molecular flexibility index (Phi) is 5.38. The van der Waals surface area contributed by atoms with Crippen molar-refractivity contribution in [1.82, 2.24) is 14.7 Å². The largest absolute Gasteiger partial charge is 0.481 e. The number of benzene rings is 1. The molecule has 7 heteroatoms. The maximum Gasteiger partial charge on any atom is 0.303 e. The number of aliphatic carboxylic acids is 1. The maximum absolute atomic E-state index is 12.7. The standard InChI is InChI=1S/C18H20ClN3O3/c19-14-4-6-15(7-5-14)22-11-9-16(20-22)18(25)21-10-1-2-13(12-21)3-8-17(23)24/h4-7,9,11,13H,1-3,8,10,12H2,(H,23,24). The first-order valence-electron chi connectivity index (χ1n) is 8.35. The van der Waals surface area contributed by atoms with Crippen LogP contribution in [0, 0.1) is 5.92 Å². The average Bonchev–Trinajstić information content (AvgIpc) is 3.10. The Morgan fingerprint density at radius 2 is 2.00 bits per heavy atom. The first-order valence-corrected chi connectivity index (χ1v) is 8.73. The van der Waals surface area contributed by atoms with Gasteiger partial charge in [0.1, 0.15) is 0 Å². The summed E-state index contributed by atoms with van der Waals surface area (Å²) >= 11 is 5.89. The van der Waals surface area contributed by atoms with E-state index in [1.807, 2.05) is 12.1 Å². The Bertz CT molecular complexity index is 757. The molecule has 1 aromatic carbocycles. The summed E-state index contributed by atoms with van der Waals surface area (Å²) in [6.07, 6.45) is 4.38. The minimum Gasteiger partial charge on any atom is -0.481 e. The fourth-order valence-electron chi connectivity index (χ4n) is 3.15. The highest BCUT2D eigenvalue weighted by atomic mass is 35.5. The van der Waals surface area contributed by atoms with Crippen LogP contribution in [0.2, 0.25) is 5.02 Å². The van der Waals surface area contributed by atoms with Gasteiger partial charge in [0.2, 0.25) is 0 Å². The van der Waals surface area contributed by atoms with Crippen molar-refractivity contribution in [1.29, 1.82) is 0 Å². The summed E-state index contributed by atoms with van der Waals surface area (Å²) in [7, 11) is 0. The number of piperidine rings is 1. The lowest BCUT2D eigenvalue weighted by Gasteiger charge is -2.32. The summed E-state index contributed by atoms with van der Waals surface area (Å²) in [5, 5.41) is 13.8. The second kappa shape index (κ2) is 7.70. The number of nitrogens with zero attached hydrogens (tertiary/aromatic N) is 3. The minimum absolute atomic E-state index is 0.104. The van der Waals surface area contributed by atoms with Crippen LogP contribution in [-0.2, 0) is 4.79 Å². The molecule has 2 aromatic rings. The molecule has 1 aliphatic heterocycles. The number of carbonyl (C=O) groups is 2. The Balaban J connectivity index is 1.66. The Morgan fingerprint density at radius 1 is 1.24 bits per heavy atom. The third-order valence-electron chi connectivity index (χ3n) is 4.47.